The lowest BCUT2D eigenvalue weighted by Gasteiger charge is -2.28. The third kappa shape index (κ3) is 6.00. The highest BCUT2D eigenvalue weighted by Gasteiger charge is 2.32. The molecule has 1 nitrogen and oxygen atoms in total. The van der Waals surface area contributed by atoms with Crippen LogP contribution < -0.4 is 0 Å². The SMILES string of the molecule is C=CCCC(=O)CCCc1cc(C(F)(F)F)ccc1C1CCC(C)CC1. The van der Waals surface area contributed by atoms with Crippen LogP contribution in [0, 0.1) is 5.92 Å². The minimum Gasteiger partial charge on any atom is -0.300 e. The summed E-state index contributed by atoms with van der Waals surface area (Å²) in [6.07, 6.45) is 4.42. The zero-order chi connectivity index (χ0) is 19.2. The van der Waals surface area contributed by atoms with E-state index < -0.39 is 11.7 Å². The average molecular weight is 366 g/mol. The van der Waals surface area contributed by atoms with Gasteiger partial charge in [-0.3, -0.25) is 4.79 Å². The number of carbonyl (C=O) groups excluding carboxylic acids is 1. The fourth-order valence-corrected chi connectivity index (χ4v) is 3.83. The first-order valence-corrected chi connectivity index (χ1v) is 9.64. The first-order valence-electron chi connectivity index (χ1n) is 9.64. The summed E-state index contributed by atoms with van der Waals surface area (Å²) in [7, 11) is 0. The number of carbonyl (C=O) groups is 1. The predicted octanol–water partition coefficient (Wildman–Crippen LogP) is 6.86. The Morgan fingerprint density at radius 2 is 1.88 bits per heavy atom. The monoisotopic (exact) mass is 366 g/mol. The van der Waals surface area contributed by atoms with Crippen molar-refractivity contribution >= 4 is 5.78 Å². The van der Waals surface area contributed by atoms with Crippen molar-refractivity contribution in [2.45, 2.75) is 76.8 Å². The third-order valence-electron chi connectivity index (χ3n) is 5.46. The Morgan fingerprint density at radius 1 is 1.19 bits per heavy atom. The van der Waals surface area contributed by atoms with Crippen LogP contribution in [0.15, 0.2) is 30.9 Å². The fourth-order valence-electron chi connectivity index (χ4n) is 3.83. The number of alkyl halides is 3. The van der Waals surface area contributed by atoms with Gasteiger partial charge in [0, 0.05) is 12.8 Å². The highest BCUT2D eigenvalue weighted by Crippen LogP contribution is 2.39. The highest BCUT2D eigenvalue weighted by molar-refractivity contribution is 5.78. The van der Waals surface area contributed by atoms with Crippen molar-refractivity contribution in [3.63, 3.8) is 0 Å². The zero-order valence-corrected chi connectivity index (χ0v) is 15.6. The summed E-state index contributed by atoms with van der Waals surface area (Å²) in [6, 6.07) is 4.20. The smallest absolute Gasteiger partial charge is 0.300 e. The number of halogens is 3. The summed E-state index contributed by atoms with van der Waals surface area (Å²) in [5, 5.41) is 0. The number of Topliss-reactive ketones (excluding diaryl/α,β-unsaturated/α-hetero) is 1. The molecule has 0 aromatic heterocycles. The summed E-state index contributed by atoms with van der Waals surface area (Å²) < 4.78 is 39.4. The largest absolute Gasteiger partial charge is 0.416 e. The molecule has 1 aromatic carbocycles. The second-order valence-corrected chi connectivity index (χ2v) is 7.59. The van der Waals surface area contributed by atoms with Gasteiger partial charge in [0.1, 0.15) is 5.78 Å². The van der Waals surface area contributed by atoms with Crippen molar-refractivity contribution in [2.75, 3.05) is 0 Å². The molecule has 1 aliphatic carbocycles. The van der Waals surface area contributed by atoms with Crippen LogP contribution in [0.25, 0.3) is 0 Å². The minimum atomic E-state index is -4.33. The molecular formula is C22H29F3O. The van der Waals surface area contributed by atoms with Gasteiger partial charge in [0.2, 0.25) is 0 Å². The summed E-state index contributed by atoms with van der Waals surface area (Å²) in [5.41, 5.74) is 1.25. The summed E-state index contributed by atoms with van der Waals surface area (Å²) in [4.78, 5) is 11.8. The molecule has 0 aliphatic heterocycles. The topological polar surface area (TPSA) is 17.1 Å². The van der Waals surface area contributed by atoms with Gasteiger partial charge in [0.25, 0.3) is 0 Å². The van der Waals surface area contributed by atoms with E-state index in [2.05, 4.69) is 13.5 Å². The molecule has 1 saturated carbocycles. The van der Waals surface area contributed by atoms with Gasteiger partial charge in [-0.15, -0.1) is 6.58 Å². The van der Waals surface area contributed by atoms with Crippen LogP contribution in [0.1, 0.15) is 80.9 Å². The molecule has 0 unspecified atom stereocenters. The number of aryl methyl sites for hydroxylation is 1. The highest BCUT2D eigenvalue weighted by atomic mass is 19.4. The van der Waals surface area contributed by atoms with E-state index in [0.29, 0.717) is 43.9 Å². The molecule has 144 valence electrons. The van der Waals surface area contributed by atoms with Gasteiger partial charge in [-0.25, -0.2) is 0 Å². The summed E-state index contributed by atoms with van der Waals surface area (Å²) >= 11 is 0. The Balaban J connectivity index is 2.11. The molecule has 1 aromatic rings. The van der Waals surface area contributed by atoms with Gasteiger partial charge in [0.05, 0.1) is 5.56 Å². The van der Waals surface area contributed by atoms with Gasteiger partial charge in [-0.05, 0) is 67.2 Å². The summed E-state index contributed by atoms with van der Waals surface area (Å²) in [6.45, 7) is 5.84. The molecule has 0 atom stereocenters. The molecule has 1 fully saturated rings. The standard InChI is InChI=1S/C22H29F3O/c1-3-4-7-20(26)8-5-6-18-15-19(22(23,24)25)13-14-21(18)17-11-9-16(2)10-12-17/h3,13-17H,1,4-12H2,2H3. The Bertz CT molecular complexity index is 610. The van der Waals surface area contributed by atoms with Crippen LogP contribution in [0.4, 0.5) is 13.2 Å². The minimum absolute atomic E-state index is 0.157. The van der Waals surface area contributed by atoms with Crippen molar-refractivity contribution in [1.29, 1.82) is 0 Å². The maximum absolute atomic E-state index is 13.1. The molecule has 1 aliphatic rings. The van der Waals surface area contributed by atoms with Crippen molar-refractivity contribution in [1.82, 2.24) is 0 Å². The lowest BCUT2D eigenvalue weighted by Crippen LogP contribution is -2.14. The van der Waals surface area contributed by atoms with Crippen LogP contribution in [-0.4, -0.2) is 5.78 Å². The second-order valence-electron chi connectivity index (χ2n) is 7.59. The lowest BCUT2D eigenvalue weighted by atomic mass is 9.77. The van der Waals surface area contributed by atoms with E-state index in [0.717, 1.165) is 36.8 Å². The molecule has 0 saturated heterocycles. The summed E-state index contributed by atoms with van der Waals surface area (Å²) in [5.74, 6) is 1.21. The Labute approximate surface area is 154 Å². The average Bonchev–Trinajstić information content (AvgIpc) is 2.60. The molecule has 0 bridgehead atoms. The number of benzene rings is 1. The molecule has 26 heavy (non-hydrogen) atoms. The van der Waals surface area contributed by atoms with Gasteiger partial charge >= 0.3 is 6.18 Å². The van der Waals surface area contributed by atoms with Crippen molar-refractivity contribution < 1.29 is 18.0 Å². The van der Waals surface area contributed by atoms with Gasteiger partial charge in [0.15, 0.2) is 0 Å². The van der Waals surface area contributed by atoms with E-state index >= 15 is 0 Å². The maximum Gasteiger partial charge on any atom is 0.416 e. The van der Waals surface area contributed by atoms with E-state index in [1.165, 1.54) is 12.1 Å². The number of ketones is 1. The number of rotatable bonds is 8. The Morgan fingerprint density at radius 3 is 2.50 bits per heavy atom. The van der Waals surface area contributed by atoms with Crippen molar-refractivity contribution in [3.05, 3.63) is 47.5 Å². The second kappa shape index (κ2) is 9.38. The zero-order valence-electron chi connectivity index (χ0n) is 15.6. The molecular weight excluding hydrogens is 337 g/mol. The van der Waals surface area contributed by atoms with Gasteiger partial charge < -0.3 is 0 Å². The molecule has 0 heterocycles. The van der Waals surface area contributed by atoms with Gasteiger partial charge in [-0.2, -0.15) is 13.2 Å². The van der Waals surface area contributed by atoms with E-state index in [1.54, 1.807) is 12.1 Å². The van der Waals surface area contributed by atoms with E-state index in [1.807, 2.05) is 0 Å². The Kier molecular flexibility index (Phi) is 7.48. The van der Waals surface area contributed by atoms with Crippen molar-refractivity contribution in [2.24, 2.45) is 5.92 Å². The van der Waals surface area contributed by atoms with Crippen LogP contribution >= 0.6 is 0 Å². The number of hydrogen-bond donors (Lipinski definition) is 0. The molecule has 0 spiro atoms. The molecule has 0 radical (unpaired) electrons. The number of hydrogen-bond acceptors (Lipinski definition) is 1. The number of allylic oxidation sites excluding steroid dienone is 1. The molecule has 2 rings (SSSR count). The van der Waals surface area contributed by atoms with Crippen LogP contribution in [0.2, 0.25) is 0 Å². The Hall–Kier alpha value is -1.58. The third-order valence-corrected chi connectivity index (χ3v) is 5.46. The van der Waals surface area contributed by atoms with Crippen LogP contribution in [0.5, 0.6) is 0 Å². The van der Waals surface area contributed by atoms with E-state index in [9.17, 15) is 18.0 Å². The fraction of sp³-hybridized carbons (Fsp3) is 0.591. The quantitative estimate of drug-likeness (QED) is 0.459. The molecule has 4 heteroatoms. The van der Waals surface area contributed by atoms with Crippen LogP contribution in [0.3, 0.4) is 0 Å². The van der Waals surface area contributed by atoms with E-state index in [4.69, 9.17) is 0 Å². The lowest BCUT2D eigenvalue weighted by molar-refractivity contribution is -0.137. The van der Waals surface area contributed by atoms with Crippen molar-refractivity contribution in [3.8, 4) is 0 Å². The van der Waals surface area contributed by atoms with E-state index in [-0.39, 0.29) is 5.78 Å². The normalized spacial score (nSPS) is 20.8. The maximum atomic E-state index is 13.1. The molecule has 0 amide bonds. The van der Waals surface area contributed by atoms with Gasteiger partial charge in [-0.1, -0.05) is 31.9 Å². The predicted molar refractivity (Wildman–Crippen MR) is 99.2 cm³/mol. The first-order chi connectivity index (χ1) is 12.3. The van der Waals surface area contributed by atoms with Crippen LogP contribution in [-0.2, 0) is 17.4 Å². The first kappa shape index (κ1) is 20.7. The molecule has 0 N–H and O–H groups in total.